The van der Waals surface area contributed by atoms with E-state index in [1.807, 2.05) is 13.8 Å². The number of carbonyl (C=O) groups is 1. The van der Waals surface area contributed by atoms with E-state index in [4.69, 9.17) is 0 Å². The molecule has 0 radical (unpaired) electrons. The Labute approximate surface area is 112 Å². The van der Waals surface area contributed by atoms with Crippen molar-refractivity contribution < 1.29 is 18.0 Å². The fraction of sp³-hybridized carbons (Fsp3) is 0.923. The number of hydrogen-bond donors (Lipinski definition) is 1. The lowest BCUT2D eigenvalue weighted by atomic mass is 9.91. The number of amides is 1. The fourth-order valence-electron chi connectivity index (χ4n) is 2.49. The molecule has 0 spiro atoms. The van der Waals surface area contributed by atoms with Gasteiger partial charge in [0.15, 0.2) is 0 Å². The highest BCUT2D eigenvalue weighted by Crippen LogP contribution is 2.30. The molecule has 1 heterocycles. The van der Waals surface area contributed by atoms with E-state index >= 15 is 0 Å². The summed E-state index contributed by atoms with van der Waals surface area (Å²) in [6.07, 6.45) is -4.49. The second kappa shape index (κ2) is 6.59. The molecule has 0 aromatic rings. The summed E-state index contributed by atoms with van der Waals surface area (Å²) >= 11 is 0. The SMILES string of the molecule is CC(=O)N1CC(CC(F)(F)F)CC(NCC(C)C)C1. The second-order valence-electron chi connectivity index (χ2n) is 5.84. The molecule has 0 aliphatic carbocycles. The van der Waals surface area contributed by atoms with Gasteiger partial charge in [-0.1, -0.05) is 13.8 Å². The number of likely N-dealkylation sites (tertiary alicyclic amines) is 1. The van der Waals surface area contributed by atoms with Crippen molar-refractivity contribution in [1.29, 1.82) is 0 Å². The maximum atomic E-state index is 12.5. The monoisotopic (exact) mass is 280 g/mol. The molecule has 0 aromatic heterocycles. The van der Waals surface area contributed by atoms with Crippen LogP contribution in [0.5, 0.6) is 0 Å². The van der Waals surface area contributed by atoms with Crippen LogP contribution in [0.25, 0.3) is 0 Å². The maximum Gasteiger partial charge on any atom is 0.389 e. The van der Waals surface area contributed by atoms with E-state index in [9.17, 15) is 18.0 Å². The van der Waals surface area contributed by atoms with Crippen LogP contribution in [-0.2, 0) is 4.79 Å². The third-order valence-corrected chi connectivity index (χ3v) is 3.32. The summed E-state index contributed by atoms with van der Waals surface area (Å²) in [5, 5.41) is 3.26. The number of piperidine rings is 1. The van der Waals surface area contributed by atoms with Gasteiger partial charge in [-0.25, -0.2) is 0 Å². The summed E-state index contributed by atoms with van der Waals surface area (Å²) in [6, 6.07) is -0.0348. The normalized spacial score (nSPS) is 24.9. The van der Waals surface area contributed by atoms with Crippen molar-refractivity contribution in [3.05, 3.63) is 0 Å². The van der Waals surface area contributed by atoms with E-state index in [2.05, 4.69) is 5.32 Å². The maximum absolute atomic E-state index is 12.5. The van der Waals surface area contributed by atoms with E-state index in [1.165, 1.54) is 11.8 Å². The smallest absolute Gasteiger partial charge is 0.341 e. The lowest BCUT2D eigenvalue weighted by Gasteiger charge is -2.38. The Kier molecular flexibility index (Phi) is 5.64. The van der Waals surface area contributed by atoms with Gasteiger partial charge >= 0.3 is 6.18 Å². The summed E-state index contributed by atoms with van der Waals surface area (Å²) in [5.74, 6) is -0.209. The third-order valence-electron chi connectivity index (χ3n) is 3.32. The van der Waals surface area contributed by atoms with Gasteiger partial charge in [-0.2, -0.15) is 13.2 Å². The molecule has 1 amide bonds. The van der Waals surface area contributed by atoms with Crippen LogP contribution in [0.3, 0.4) is 0 Å². The number of halogens is 3. The van der Waals surface area contributed by atoms with Gasteiger partial charge in [0.2, 0.25) is 5.91 Å². The van der Waals surface area contributed by atoms with Crippen molar-refractivity contribution in [1.82, 2.24) is 10.2 Å². The van der Waals surface area contributed by atoms with E-state index < -0.39 is 18.5 Å². The first kappa shape index (κ1) is 16.3. The number of nitrogens with zero attached hydrogens (tertiary/aromatic N) is 1. The van der Waals surface area contributed by atoms with Gasteiger partial charge in [0.1, 0.15) is 0 Å². The minimum Gasteiger partial charge on any atom is -0.341 e. The van der Waals surface area contributed by atoms with Crippen molar-refractivity contribution in [2.75, 3.05) is 19.6 Å². The summed E-state index contributed by atoms with van der Waals surface area (Å²) in [6.45, 7) is 6.99. The number of hydrogen-bond acceptors (Lipinski definition) is 2. The average molecular weight is 280 g/mol. The van der Waals surface area contributed by atoms with Crippen LogP contribution in [0.2, 0.25) is 0 Å². The lowest BCUT2D eigenvalue weighted by Crippen LogP contribution is -2.51. The number of alkyl halides is 3. The molecule has 0 bridgehead atoms. The van der Waals surface area contributed by atoms with Gasteiger partial charge in [0.25, 0.3) is 0 Å². The van der Waals surface area contributed by atoms with Gasteiger partial charge in [-0.05, 0) is 24.8 Å². The molecule has 1 rings (SSSR count). The molecule has 112 valence electrons. The molecule has 0 saturated carbocycles. The molecule has 6 heteroatoms. The summed E-state index contributed by atoms with van der Waals surface area (Å²) in [7, 11) is 0. The first-order valence-corrected chi connectivity index (χ1v) is 6.73. The quantitative estimate of drug-likeness (QED) is 0.857. The van der Waals surface area contributed by atoms with Gasteiger partial charge in [0, 0.05) is 32.5 Å². The molecular formula is C13H23F3N2O. The molecule has 1 saturated heterocycles. The standard InChI is InChI=1S/C13H23F3N2O/c1-9(2)6-17-12-4-11(5-13(14,15)16)7-18(8-12)10(3)19/h9,11-12,17H,4-8H2,1-3H3. The molecule has 0 aromatic carbocycles. The number of nitrogens with one attached hydrogen (secondary N) is 1. The molecule has 2 unspecified atom stereocenters. The number of rotatable bonds is 4. The molecule has 3 nitrogen and oxygen atoms in total. The predicted molar refractivity (Wildman–Crippen MR) is 67.7 cm³/mol. The molecule has 1 aliphatic heterocycles. The molecule has 1 N–H and O–H groups in total. The second-order valence-corrected chi connectivity index (χ2v) is 5.84. The van der Waals surface area contributed by atoms with Gasteiger partial charge < -0.3 is 10.2 Å². The zero-order valence-corrected chi connectivity index (χ0v) is 11.8. The Balaban J connectivity index is 2.60. The highest BCUT2D eigenvalue weighted by molar-refractivity contribution is 5.73. The third kappa shape index (κ3) is 6.27. The Hall–Kier alpha value is -0.780. The van der Waals surface area contributed by atoms with Crippen molar-refractivity contribution in [3.63, 3.8) is 0 Å². The molecular weight excluding hydrogens is 257 g/mol. The minimum atomic E-state index is -4.16. The molecule has 1 aliphatic rings. The van der Waals surface area contributed by atoms with Crippen LogP contribution in [0.4, 0.5) is 13.2 Å². The van der Waals surface area contributed by atoms with Crippen LogP contribution in [-0.4, -0.2) is 42.7 Å². The first-order chi connectivity index (χ1) is 8.67. The van der Waals surface area contributed by atoms with Gasteiger partial charge in [-0.3, -0.25) is 4.79 Å². The first-order valence-electron chi connectivity index (χ1n) is 6.73. The fourth-order valence-corrected chi connectivity index (χ4v) is 2.49. The predicted octanol–water partition coefficient (Wildman–Crippen LogP) is 2.42. The van der Waals surface area contributed by atoms with Crippen LogP contribution in [0.15, 0.2) is 0 Å². The van der Waals surface area contributed by atoms with E-state index in [0.29, 0.717) is 18.9 Å². The van der Waals surface area contributed by atoms with Gasteiger partial charge in [0.05, 0.1) is 0 Å². The topological polar surface area (TPSA) is 32.3 Å². The van der Waals surface area contributed by atoms with Crippen LogP contribution < -0.4 is 5.32 Å². The zero-order valence-electron chi connectivity index (χ0n) is 11.8. The van der Waals surface area contributed by atoms with Crippen molar-refractivity contribution in [2.45, 2.75) is 45.8 Å². The van der Waals surface area contributed by atoms with Crippen molar-refractivity contribution in [3.8, 4) is 0 Å². The highest BCUT2D eigenvalue weighted by Gasteiger charge is 2.37. The highest BCUT2D eigenvalue weighted by atomic mass is 19.4. The van der Waals surface area contributed by atoms with E-state index in [0.717, 1.165) is 6.54 Å². The largest absolute Gasteiger partial charge is 0.389 e. The Morgan fingerprint density at radius 3 is 2.47 bits per heavy atom. The Morgan fingerprint density at radius 1 is 1.37 bits per heavy atom. The van der Waals surface area contributed by atoms with Crippen molar-refractivity contribution in [2.24, 2.45) is 11.8 Å². The summed E-state index contributed by atoms with van der Waals surface area (Å²) < 4.78 is 37.5. The lowest BCUT2D eigenvalue weighted by molar-refractivity contribution is -0.152. The minimum absolute atomic E-state index is 0.0348. The molecule has 2 atom stereocenters. The summed E-state index contributed by atoms with van der Waals surface area (Å²) in [5.41, 5.74) is 0. The average Bonchev–Trinajstić information content (AvgIpc) is 2.23. The summed E-state index contributed by atoms with van der Waals surface area (Å²) in [4.78, 5) is 12.9. The zero-order chi connectivity index (χ0) is 14.6. The van der Waals surface area contributed by atoms with Crippen LogP contribution in [0, 0.1) is 11.8 Å². The van der Waals surface area contributed by atoms with E-state index in [1.54, 1.807) is 0 Å². The van der Waals surface area contributed by atoms with Gasteiger partial charge in [-0.15, -0.1) is 0 Å². The Bertz CT molecular complexity index is 305. The molecule has 1 fully saturated rings. The Morgan fingerprint density at radius 2 is 2.00 bits per heavy atom. The van der Waals surface area contributed by atoms with Crippen LogP contribution in [0.1, 0.15) is 33.6 Å². The van der Waals surface area contributed by atoms with Crippen LogP contribution >= 0.6 is 0 Å². The van der Waals surface area contributed by atoms with Crippen molar-refractivity contribution >= 4 is 5.91 Å². The molecule has 19 heavy (non-hydrogen) atoms. The number of carbonyl (C=O) groups excluding carboxylic acids is 1. The van der Waals surface area contributed by atoms with E-state index in [-0.39, 0.29) is 18.5 Å².